The number of aromatic amines is 1. The molecule has 0 amide bonds. The van der Waals surface area contributed by atoms with E-state index in [1.807, 2.05) is 12.1 Å². The molecule has 0 unspecified atom stereocenters. The molecular weight excluding hydrogens is 246 g/mol. The van der Waals surface area contributed by atoms with Gasteiger partial charge in [0.2, 0.25) is 5.82 Å². The fraction of sp³-hybridized carbons (Fsp3) is 0.250. The third-order valence-electron chi connectivity index (χ3n) is 2.98. The minimum Gasteiger partial charge on any atom is -0.475 e. The van der Waals surface area contributed by atoms with Gasteiger partial charge in [-0.15, -0.1) is 0 Å². The first-order valence-corrected chi connectivity index (χ1v) is 5.98. The molecule has 0 spiro atoms. The zero-order valence-corrected chi connectivity index (χ0v) is 10.1. The lowest BCUT2D eigenvalue weighted by Crippen LogP contribution is -2.27. The third-order valence-corrected chi connectivity index (χ3v) is 2.98. The first-order chi connectivity index (χ1) is 9.24. The Morgan fingerprint density at radius 3 is 3.05 bits per heavy atom. The summed E-state index contributed by atoms with van der Waals surface area (Å²) in [6.45, 7) is 1.43. The van der Waals surface area contributed by atoms with Crippen LogP contribution in [0.2, 0.25) is 0 Å². The molecule has 19 heavy (non-hydrogen) atoms. The average molecular weight is 259 g/mol. The van der Waals surface area contributed by atoms with Crippen molar-refractivity contribution in [3.05, 3.63) is 35.4 Å². The van der Waals surface area contributed by atoms with Gasteiger partial charge in [0.15, 0.2) is 0 Å². The molecule has 0 atom stereocenters. The lowest BCUT2D eigenvalue weighted by Gasteiger charge is -2.19. The SMILES string of the molecule is O=C(O)c1nc2c(c(Nc3ccc[nH]3)n1)CNCC2. The first-order valence-electron chi connectivity index (χ1n) is 5.98. The summed E-state index contributed by atoms with van der Waals surface area (Å²) < 4.78 is 0. The Labute approximate surface area is 109 Å². The van der Waals surface area contributed by atoms with Gasteiger partial charge in [-0.1, -0.05) is 0 Å². The van der Waals surface area contributed by atoms with Gasteiger partial charge < -0.3 is 20.7 Å². The van der Waals surface area contributed by atoms with Crippen LogP contribution in [0.3, 0.4) is 0 Å². The monoisotopic (exact) mass is 259 g/mol. The van der Waals surface area contributed by atoms with Crippen LogP contribution in [0.15, 0.2) is 18.3 Å². The van der Waals surface area contributed by atoms with E-state index in [1.165, 1.54) is 0 Å². The molecule has 0 aromatic carbocycles. The van der Waals surface area contributed by atoms with Crippen molar-refractivity contribution < 1.29 is 9.90 Å². The molecule has 0 aliphatic carbocycles. The Balaban J connectivity index is 2.05. The number of carboxylic acid groups (broad SMARTS) is 1. The van der Waals surface area contributed by atoms with Crippen molar-refractivity contribution in [3.63, 3.8) is 0 Å². The molecular formula is C12H13N5O2. The van der Waals surface area contributed by atoms with Crippen molar-refractivity contribution in [2.45, 2.75) is 13.0 Å². The lowest BCUT2D eigenvalue weighted by molar-refractivity contribution is 0.0683. The van der Waals surface area contributed by atoms with Crippen molar-refractivity contribution >= 4 is 17.6 Å². The van der Waals surface area contributed by atoms with Crippen LogP contribution in [0, 0.1) is 0 Å². The van der Waals surface area contributed by atoms with Crippen LogP contribution in [0.5, 0.6) is 0 Å². The number of hydrogen-bond donors (Lipinski definition) is 4. The summed E-state index contributed by atoms with van der Waals surface area (Å²) in [4.78, 5) is 22.2. The molecule has 0 fully saturated rings. The minimum atomic E-state index is -1.11. The highest BCUT2D eigenvalue weighted by Crippen LogP contribution is 2.22. The van der Waals surface area contributed by atoms with E-state index in [-0.39, 0.29) is 5.82 Å². The van der Waals surface area contributed by atoms with Gasteiger partial charge in [0.25, 0.3) is 0 Å². The summed E-state index contributed by atoms with van der Waals surface area (Å²) in [5, 5.41) is 15.4. The van der Waals surface area contributed by atoms with Crippen molar-refractivity contribution in [3.8, 4) is 0 Å². The van der Waals surface area contributed by atoms with Crippen LogP contribution in [-0.4, -0.2) is 32.6 Å². The quantitative estimate of drug-likeness (QED) is 0.653. The van der Waals surface area contributed by atoms with Crippen molar-refractivity contribution in [2.24, 2.45) is 0 Å². The van der Waals surface area contributed by atoms with E-state index < -0.39 is 5.97 Å². The van der Waals surface area contributed by atoms with Crippen molar-refractivity contribution in [1.82, 2.24) is 20.3 Å². The van der Waals surface area contributed by atoms with Gasteiger partial charge in [0, 0.05) is 31.3 Å². The topological polar surface area (TPSA) is 103 Å². The molecule has 0 saturated heterocycles. The van der Waals surface area contributed by atoms with Crippen molar-refractivity contribution in [1.29, 1.82) is 0 Å². The van der Waals surface area contributed by atoms with Gasteiger partial charge in [0.05, 0.1) is 5.69 Å². The smallest absolute Gasteiger partial charge is 0.374 e. The molecule has 1 aliphatic rings. The number of anilines is 2. The molecule has 7 heteroatoms. The molecule has 0 radical (unpaired) electrons. The van der Waals surface area contributed by atoms with Crippen LogP contribution < -0.4 is 10.6 Å². The van der Waals surface area contributed by atoms with E-state index in [2.05, 4.69) is 25.6 Å². The maximum atomic E-state index is 11.1. The Morgan fingerprint density at radius 1 is 1.42 bits per heavy atom. The molecule has 0 saturated carbocycles. The third kappa shape index (κ3) is 2.27. The van der Waals surface area contributed by atoms with E-state index in [4.69, 9.17) is 5.11 Å². The van der Waals surface area contributed by atoms with Gasteiger partial charge in [-0.2, -0.15) is 0 Å². The highest BCUT2D eigenvalue weighted by molar-refractivity contribution is 5.84. The van der Waals surface area contributed by atoms with Gasteiger partial charge >= 0.3 is 5.97 Å². The molecule has 2 aromatic rings. The normalized spacial score (nSPS) is 13.9. The predicted molar refractivity (Wildman–Crippen MR) is 68.5 cm³/mol. The highest BCUT2D eigenvalue weighted by Gasteiger charge is 2.20. The Kier molecular flexibility index (Phi) is 2.88. The summed E-state index contributed by atoms with van der Waals surface area (Å²) >= 11 is 0. The molecule has 2 aromatic heterocycles. The molecule has 98 valence electrons. The van der Waals surface area contributed by atoms with E-state index >= 15 is 0 Å². The van der Waals surface area contributed by atoms with Crippen LogP contribution in [-0.2, 0) is 13.0 Å². The van der Waals surface area contributed by atoms with E-state index in [9.17, 15) is 4.79 Å². The second-order valence-corrected chi connectivity index (χ2v) is 4.26. The zero-order chi connectivity index (χ0) is 13.2. The Hall–Kier alpha value is -2.41. The van der Waals surface area contributed by atoms with E-state index in [0.29, 0.717) is 18.8 Å². The summed E-state index contributed by atoms with van der Waals surface area (Å²) in [5.74, 6) is 0.0189. The van der Waals surface area contributed by atoms with Crippen LogP contribution in [0.1, 0.15) is 21.9 Å². The van der Waals surface area contributed by atoms with Crippen LogP contribution >= 0.6 is 0 Å². The van der Waals surface area contributed by atoms with Crippen LogP contribution in [0.4, 0.5) is 11.6 Å². The molecule has 3 heterocycles. The lowest BCUT2D eigenvalue weighted by atomic mass is 10.1. The Bertz CT molecular complexity index is 609. The van der Waals surface area contributed by atoms with Crippen molar-refractivity contribution in [2.75, 3.05) is 11.9 Å². The molecule has 0 bridgehead atoms. The van der Waals surface area contributed by atoms with Gasteiger partial charge in [-0.3, -0.25) is 0 Å². The number of aromatic nitrogens is 3. The van der Waals surface area contributed by atoms with Crippen LogP contribution in [0.25, 0.3) is 0 Å². The second-order valence-electron chi connectivity index (χ2n) is 4.26. The first kappa shape index (κ1) is 11.7. The van der Waals surface area contributed by atoms with E-state index in [0.717, 1.165) is 23.6 Å². The van der Waals surface area contributed by atoms with Gasteiger partial charge in [0.1, 0.15) is 11.6 Å². The number of nitrogens with one attached hydrogen (secondary N) is 3. The highest BCUT2D eigenvalue weighted by atomic mass is 16.4. The summed E-state index contributed by atoms with van der Waals surface area (Å²) in [6, 6.07) is 3.71. The number of H-pyrrole nitrogens is 1. The summed E-state index contributed by atoms with van der Waals surface area (Å²) in [7, 11) is 0. The molecule has 7 nitrogen and oxygen atoms in total. The number of carboxylic acids is 1. The van der Waals surface area contributed by atoms with Gasteiger partial charge in [-0.25, -0.2) is 14.8 Å². The van der Waals surface area contributed by atoms with E-state index in [1.54, 1.807) is 6.20 Å². The molecule has 1 aliphatic heterocycles. The number of fused-ring (bicyclic) bond motifs is 1. The number of nitrogens with zero attached hydrogens (tertiary/aromatic N) is 2. The largest absolute Gasteiger partial charge is 0.475 e. The minimum absolute atomic E-state index is 0.172. The summed E-state index contributed by atoms with van der Waals surface area (Å²) in [5.41, 5.74) is 1.71. The maximum Gasteiger partial charge on any atom is 0.374 e. The maximum absolute atomic E-state index is 11.1. The second kappa shape index (κ2) is 4.69. The Morgan fingerprint density at radius 2 is 2.32 bits per heavy atom. The van der Waals surface area contributed by atoms with Gasteiger partial charge in [-0.05, 0) is 12.1 Å². The average Bonchev–Trinajstić information content (AvgIpc) is 2.91. The molecule has 3 rings (SSSR count). The zero-order valence-electron chi connectivity index (χ0n) is 10.1. The number of carbonyl (C=O) groups is 1. The predicted octanol–water partition coefficient (Wildman–Crippen LogP) is 0.892. The summed E-state index contributed by atoms with van der Waals surface area (Å²) in [6.07, 6.45) is 2.49. The fourth-order valence-electron chi connectivity index (χ4n) is 2.08. The number of rotatable bonds is 3. The molecule has 4 N–H and O–H groups in total. The fourth-order valence-corrected chi connectivity index (χ4v) is 2.08. The number of hydrogen-bond acceptors (Lipinski definition) is 5. The standard InChI is InChI=1S/C12H13N5O2/c18-12(19)11-15-8-3-5-13-6-7(8)10(17-11)16-9-2-1-4-14-9/h1-2,4,13-14H,3,5-6H2,(H,18,19)(H,15,16,17). The number of aromatic carboxylic acids is 1.